The van der Waals surface area contributed by atoms with E-state index in [2.05, 4.69) is 0 Å². The fraction of sp³-hybridized carbons (Fsp3) is 0.333. The van der Waals surface area contributed by atoms with E-state index in [-0.39, 0.29) is 5.91 Å². The number of anilines is 1. The van der Waals surface area contributed by atoms with Crippen LogP contribution in [-0.4, -0.2) is 50.1 Å². The van der Waals surface area contributed by atoms with Gasteiger partial charge in [0.05, 0.1) is 10.9 Å². The number of hydrogen-bond donors (Lipinski definition) is 0. The molecule has 0 fully saturated rings. The smallest absolute Gasteiger partial charge is 0.303 e. The Morgan fingerprint density at radius 2 is 1.79 bits per heavy atom. The standard InChI is InChI=1S/C21H22Cl2N2O3S/c1-13(26)28-19-20(14-4-6-15(22)7-5-14)29-18-9-8-16(23)12-17(18)25(21(19)27)11-10-24(2)3/h4-9,12,19-20H,10-11H2,1-3H3. The molecule has 2 aromatic rings. The van der Waals surface area contributed by atoms with Crippen molar-refractivity contribution >= 4 is 52.5 Å². The zero-order valence-electron chi connectivity index (χ0n) is 16.4. The molecule has 0 aromatic heterocycles. The second-order valence-corrected chi connectivity index (χ2v) is 9.08. The number of carbonyl (C=O) groups is 2. The highest BCUT2D eigenvalue weighted by molar-refractivity contribution is 7.99. The zero-order chi connectivity index (χ0) is 21.1. The van der Waals surface area contributed by atoms with Crippen LogP contribution >= 0.6 is 35.0 Å². The molecule has 2 unspecified atom stereocenters. The van der Waals surface area contributed by atoms with Crippen LogP contribution in [0.2, 0.25) is 10.0 Å². The molecule has 0 spiro atoms. The van der Waals surface area contributed by atoms with Crippen LogP contribution in [0.4, 0.5) is 5.69 Å². The fourth-order valence-corrected chi connectivity index (χ4v) is 4.71. The third kappa shape index (κ3) is 5.25. The van der Waals surface area contributed by atoms with Gasteiger partial charge < -0.3 is 14.5 Å². The molecule has 2 aromatic carbocycles. The van der Waals surface area contributed by atoms with E-state index in [1.807, 2.05) is 37.2 Å². The average molecular weight is 453 g/mol. The number of thioether (sulfide) groups is 1. The lowest BCUT2D eigenvalue weighted by atomic mass is 10.1. The number of halogens is 2. The van der Waals surface area contributed by atoms with Gasteiger partial charge in [0, 0.05) is 35.0 Å². The van der Waals surface area contributed by atoms with Gasteiger partial charge in [-0.1, -0.05) is 35.3 Å². The summed E-state index contributed by atoms with van der Waals surface area (Å²) in [7, 11) is 3.88. The van der Waals surface area contributed by atoms with Crippen molar-refractivity contribution < 1.29 is 14.3 Å². The van der Waals surface area contributed by atoms with Crippen LogP contribution in [0.5, 0.6) is 0 Å². The van der Waals surface area contributed by atoms with Crippen LogP contribution in [0.25, 0.3) is 0 Å². The number of nitrogens with zero attached hydrogens (tertiary/aromatic N) is 2. The van der Waals surface area contributed by atoms with Crippen molar-refractivity contribution in [3.63, 3.8) is 0 Å². The SMILES string of the molecule is CC(=O)OC1C(=O)N(CCN(C)C)c2cc(Cl)ccc2SC1c1ccc(Cl)cc1. The van der Waals surface area contributed by atoms with Gasteiger partial charge in [-0.05, 0) is 50.0 Å². The molecule has 29 heavy (non-hydrogen) atoms. The minimum Gasteiger partial charge on any atom is -0.451 e. The van der Waals surface area contributed by atoms with Crippen LogP contribution < -0.4 is 4.90 Å². The zero-order valence-corrected chi connectivity index (χ0v) is 18.7. The Hall–Kier alpha value is -1.73. The summed E-state index contributed by atoms with van der Waals surface area (Å²) >= 11 is 13.8. The van der Waals surface area contributed by atoms with Gasteiger partial charge in [-0.25, -0.2) is 0 Å². The van der Waals surface area contributed by atoms with Gasteiger partial charge in [-0.15, -0.1) is 11.8 Å². The fourth-order valence-electron chi connectivity index (χ4n) is 3.12. The molecule has 0 saturated heterocycles. The lowest BCUT2D eigenvalue weighted by Gasteiger charge is -2.28. The Morgan fingerprint density at radius 1 is 1.14 bits per heavy atom. The quantitative estimate of drug-likeness (QED) is 0.616. The predicted molar refractivity (Wildman–Crippen MR) is 118 cm³/mol. The first kappa shape index (κ1) is 22.0. The van der Waals surface area contributed by atoms with E-state index in [1.165, 1.54) is 18.7 Å². The molecule has 5 nitrogen and oxygen atoms in total. The normalized spacial score (nSPS) is 19.1. The van der Waals surface area contributed by atoms with E-state index >= 15 is 0 Å². The first-order valence-corrected chi connectivity index (χ1v) is 10.7. The van der Waals surface area contributed by atoms with Crippen LogP contribution in [0, 0.1) is 0 Å². The first-order chi connectivity index (χ1) is 13.8. The second kappa shape index (κ2) is 9.39. The highest BCUT2D eigenvalue weighted by Crippen LogP contribution is 2.47. The van der Waals surface area contributed by atoms with Crippen molar-refractivity contribution in [2.75, 3.05) is 32.1 Å². The third-order valence-corrected chi connectivity index (χ3v) is 6.37. The predicted octanol–water partition coefficient (Wildman–Crippen LogP) is 4.67. The van der Waals surface area contributed by atoms with Gasteiger partial charge in [0.15, 0.2) is 6.10 Å². The summed E-state index contributed by atoms with van der Waals surface area (Å²) in [6, 6.07) is 12.7. The van der Waals surface area contributed by atoms with Crippen LogP contribution in [-0.2, 0) is 14.3 Å². The molecule has 2 atom stereocenters. The maximum atomic E-state index is 13.6. The first-order valence-electron chi connectivity index (χ1n) is 9.11. The largest absolute Gasteiger partial charge is 0.451 e. The van der Waals surface area contributed by atoms with E-state index in [9.17, 15) is 9.59 Å². The monoisotopic (exact) mass is 452 g/mol. The Balaban J connectivity index is 2.10. The molecule has 0 saturated carbocycles. The molecule has 8 heteroatoms. The van der Waals surface area contributed by atoms with Crippen molar-refractivity contribution in [2.45, 2.75) is 23.2 Å². The number of esters is 1. The number of carbonyl (C=O) groups excluding carboxylic acids is 2. The van der Waals surface area contributed by atoms with Crippen LogP contribution in [0.1, 0.15) is 17.7 Å². The molecule has 0 N–H and O–H groups in total. The van der Waals surface area contributed by atoms with Crippen molar-refractivity contribution in [1.82, 2.24) is 4.90 Å². The van der Waals surface area contributed by atoms with E-state index in [0.29, 0.717) is 23.1 Å². The molecule has 0 aliphatic carbocycles. The maximum absolute atomic E-state index is 13.6. The van der Waals surface area contributed by atoms with E-state index < -0.39 is 17.3 Å². The summed E-state index contributed by atoms with van der Waals surface area (Å²) < 4.78 is 5.55. The molecule has 154 valence electrons. The van der Waals surface area contributed by atoms with Gasteiger partial charge in [0.1, 0.15) is 0 Å². The number of hydrogen-bond acceptors (Lipinski definition) is 5. The summed E-state index contributed by atoms with van der Waals surface area (Å²) in [6.45, 7) is 2.42. The van der Waals surface area contributed by atoms with Gasteiger partial charge in [-0.2, -0.15) is 0 Å². The van der Waals surface area contributed by atoms with Crippen LogP contribution in [0.3, 0.4) is 0 Å². The summed E-state index contributed by atoms with van der Waals surface area (Å²) in [4.78, 5) is 30.0. The number of likely N-dealkylation sites (N-methyl/N-ethyl adjacent to an activating group) is 1. The molecule has 1 heterocycles. The molecule has 0 radical (unpaired) electrons. The molecular formula is C21H22Cl2N2O3S. The van der Waals surface area contributed by atoms with Crippen molar-refractivity contribution in [3.05, 3.63) is 58.1 Å². The Labute approximate surface area is 184 Å². The molecule has 0 bridgehead atoms. The van der Waals surface area contributed by atoms with Crippen molar-refractivity contribution in [3.8, 4) is 0 Å². The average Bonchev–Trinajstić information content (AvgIpc) is 2.76. The summed E-state index contributed by atoms with van der Waals surface area (Å²) in [6.07, 6.45) is -0.966. The van der Waals surface area contributed by atoms with Crippen molar-refractivity contribution in [1.29, 1.82) is 0 Å². The Bertz CT molecular complexity index is 905. The third-order valence-electron chi connectivity index (χ3n) is 4.51. The summed E-state index contributed by atoms with van der Waals surface area (Å²) in [5.74, 6) is -0.769. The molecular weight excluding hydrogens is 431 g/mol. The van der Waals surface area contributed by atoms with Gasteiger partial charge >= 0.3 is 5.97 Å². The molecule has 1 amide bonds. The van der Waals surface area contributed by atoms with E-state index in [4.69, 9.17) is 27.9 Å². The number of amides is 1. The van der Waals surface area contributed by atoms with Gasteiger partial charge in [-0.3, -0.25) is 9.59 Å². The highest BCUT2D eigenvalue weighted by atomic mass is 35.5. The minimum absolute atomic E-state index is 0.268. The summed E-state index contributed by atoms with van der Waals surface area (Å²) in [5.41, 5.74) is 1.58. The van der Waals surface area contributed by atoms with Crippen LogP contribution in [0.15, 0.2) is 47.4 Å². The minimum atomic E-state index is -0.966. The Kier molecular flexibility index (Phi) is 7.11. The maximum Gasteiger partial charge on any atom is 0.303 e. The molecule has 3 rings (SSSR count). The highest BCUT2D eigenvalue weighted by Gasteiger charge is 2.40. The number of fused-ring (bicyclic) bond motifs is 1. The molecule has 1 aliphatic rings. The Morgan fingerprint density at radius 3 is 2.41 bits per heavy atom. The summed E-state index contributed by atoms with van der Waals surface area (Å²) in [5, 5.41) is 0.733. The van der Waals surface area contributed by atoms with Crippen molar-refractivity contribution in [2.24, 2.45) is 0 Å². The topological polar surface area (TPSA) is 49.9 Å². The second-order valence-electron chi connectivity index (χ2n) is 7.03. The lowest BCUT2D eigenvalue weighted by Crippen LogP contribution is -2.45. The molecule has 1 aliphatic heterocycles. The number of ether oxygens (including phenoxy) is 1. The number of benzene rings is 2. The number of rotatable bonds is 5. The lowest BCUT2D eigenvalue weighted by molar-refractivity contribution is -0.152. The van der Waals surface area contributed by atoms with Gasteiger partial charge in [0.25, 0.3) is 5.91 Å². The van der Waals surface area contributed by atoms with E-state index in [0.717, 1.165) is 16.1 Å². The van der Waals surface area contributed by atoms with E-state index in [1.54, 1.807) is 29.2 Å². The van der Waals surface area contributed by atoms with Gasteiger partial charge in [0.2, 0.25) is 0 Å².